The third-order valence-corrected chi connectivity index (χ3v) is 2.77. The minimum atomic E-state index is 0.264. The normalized spacial score (nSPS) is 26.4. The SMILES string of the molecule is CC(CO)CNC(C)CC1CCCO1. The molecule has 0 spiro atoms. The lowest BCUT2D eigenvalue weighted by Gasteiger charge is -2.19. The van der Waals surface area contributed by atoms with Crippen LogP contribution in [0.3, 0.4) is 0 Å². The van der Waals surface area contributed by atoms with E-state index in [9.17, 15) is 0 Å². The zero-order valence-electron chi connectivity index (χ0n) is 9.33. The van der Waals surface area contributed by atoms with E-state index in [0.29, 0.717) is 18.1 Å². The third-order valence-electron chi connectivity index (χ3n) is 2.77. The fourth-order valence-corrected chi connectivity index (χ4v) is 1.77. The summed E-state index contributed by atoms with van der Waals surface area (Å²) in [6, 6.07) is 0.493. The molecular formula is C11H23NO2. The van der Waals surface area contributed by atoms with E-state index in [1.54, 1.807) is 0 Å². The van der Waals surface area contributed by atoms with Crippen LogP contribution in [0.4, 0.5) is 0 Å². The van der Waals surface area contributed by atoms with Gasteiger partial charge in [-0.15, -0.1) is 0 Å². The maximum absolute atomic E-state index is 8.87. The molecule has 3 nitrogen and oxygen atoms in total. The molecule has 1 heterocycles. The number of aliphatic hydroxyl groups excluding tert-OH is 1. The first kappa shape index (κ1) is 12.0. The second kappa shape index (κ2) is 6.38. The van der Waals surface area contributed by atoms with Crippen LogP contribution in [-0.2, 0) is 4.74 Å². The van der Waals surface area contributed by atoms with Crippen molar-refractivity contribution in [3.63, 3.8) is 0 Å². The van der Waals surface area contributed by atoms with Gasteiger partial charge in [-0.2, -0.15) is 0 Å². The molecule has 1 fully saturated rings. The maximum Gasteiger partial charge on any atom is 0.0590 e. The molecule has 1 rings (SSSR count). The highest BCUT2D eigenvalue weighted by atomic mass is 16.5. The van der Waals surface area contributed by atoms with Crippen LogP contribution in [0.5, 0.6) is 0 Å². The first-order valence-electron chi connectivity index (χ1n) is 5.68. The molecule has 0 aliphatic carbocycles. The van der Waals surface area contributed by atoms with E-state index in [-0.39, 0.29) is 6.61 Å². The fourth-order valence-electron chi connectivity index (χ4n) is 1.77. The first-order chi connectivity index (χ1) is 6.72. The van der Waals surface area contributed by atoms with Crippen LogP contribution in [0.25, 0.3) is 0 Å². The summed E-state index contributed by atoms with van der Waals surface area (Å²) in [5.74, 6) is 0.349. The van der Waals surface area contributed by atoms with E-state index >= 15 is 0 Å². The van der Waals surface area contributed by atoms with Crippen molar-refractivity contribution >= 4 is 0 Å². The second-order valence-corrected chi connectivity index (χ2v) is 4.47. The molecule has 0 saturated carbocycles. The molecule has 14 heavy (non-hydrogen) atoms. The number of nitrogens with one attached hydrogen (secondary N) is 1. The predicted octanol–water partition coefficient (Wildman–Crippen LogP) is 1.16. The number of aliphatic hydroxyl groups is 1. The Labute approximate surface area is 86.8 Å². The van der Waals surface area contributed by atoms with Crippen molar-refractivity contribution in [1.29, 1.82) is 0 Å². The van der Waals surface area contributed by atoms with Crippen LogP contribution in [0.15, 0.2) is 0 Å². The highest BCUT2D eigenvalue weighted by molar-refractivity contribution is 4.72. The van der Waals surface area contributed by atoms with Gasteiger partial charge in [0.15, 0.2) is 0 Å². The molecule has 1 saturated heterocycles. The van der Waals surface area contributed by atoms with Gasteiger partial charge in [-0.3, -0.25) is 0 Å². The third kappa shape index (κ3) is 4.40. The zero-order chi connectivity index (χ0) is 10.4. The number of hydrogen-bond donors (Lipinski definition) is 2. The smallest absolute Gasteiger partial charge is 0.0590 e. The van der Waals surface area contributed by atoms with Crippen LogP contribution in [0, 0.1) is 5.92 Å². The summed E-state index contributed by atoms with van der Waals surface area (Å²) in [7, 11) is 0. The van der Waals surface area contributed by atoms with Crippen LogP contribution in [0.2, 0.25) is 0 Å². The van der Waals surface area contributed by atoms with Gasteiger partial charge in [0.2, 0.25) is 0 Å². The molecule has 3 unspecified atom stereocenters. The Balaban J connectivity index is 2.05. The predicted molar refractivity (Wildman–Crippen MR) is 57.3 cm³/mol. The molecule has 0 radical (unpaired) electrons. The molecular weight excluding hydrogens is 178 g/mol. The van der Waals surface area contributed by atoms with Gasteiger partial charge in [0, 0.05) is 25.8 Å². The summed E-state index contributed by atoms with van der Waals surface area (Å²) in [6.07, 6.45) is 3.98. The maximum atomic E-state index is 8.87. The standard InChI is InChI=1S/C11H23NO2/c1-9(8-13)7-12-10(2)6-11-4-3-5-14-11/h9-13H,3-8H2,1-2H3. The van der Waals surface area contributed by atoms with Crippen LogP contribution >= 0.6 is 0 Å². The van der Waals surface area contributed by atoms with Crippen molar-refractivity contribution in [3.8, 4) is 0 Å². The Bertz CT molecular complexity index is 146. The van der Waals surface area contributed by atoms with E-state index in [4.69, 9.17) is 9.84 Å². The van der Waals surface area contributed by atoms with Gasteiger partial charge in [0.25, 0.3) is 0 Å². The van der Waals surface area contributed by atoms with Crippen molar-refractivity contribution in [3.05, 3.63) is 0 Å². The average Bonchev–Trinajstić information content (AvgIpc) is 2.66. The Morgan fingerprint density at radius 3 is 2.86 bits per heavy atom. The molecule has 3 heteroatoms. The monoisotopic (exact) mass is 201 g/mol. The molecule has 2 N–H and O–H groups in total. The molecule has 0 aromatic carbocycles. The quantitative estimate of drug-likeness (QED) is 0.677. The van der Waals surface area contributed by atoms with Crippen LogP contribution in [0.1, 0.15) is 33.1 Å². The molecule has 0 aromatic rings. The average molecular weight is 201 g/mol. The lowest BCUT2D eigenvalue weighted by Crippen LogP contribution is -2.34. The molecule has 1 aliphatic rings. The summed E-state index contributed by atoms with van der Waals surface area (Å²) in [4.78, 5) is 0. The topological polar surface area (TPSA) is 41.5 Å². The Kier molecular flexibility index (Phi) is 5.45. The van der Waals surface area contributed by atoms with Gasteiger partial charge in [0.05, 0.1) is 6.10 Å². The molecule has 1 aliphatic heterocycles. The number of rotatable bonds is 6. The lowest BCUT2D eigenvalue weighted by atomic mass is 10.1. The molecule has 3 atom stereocenters. The fraction of sp³-hybridized carbons (Fsp3) is 1.00. The van der Waals surface area contributed by atoms with Gasteiger partial charge < -0.3 is 15.2 Å². The van der Waals surface area contributed by atoms with Crippen molar-refractivity contribution in [2.24, 2.45) is 5.92 Å². The Morgan fingerprint density at radius 2 is 2.29 bits per heavy atom. The van der Waals surface area contributed by atoms with Crippen LogP contribution in [-0.4, -0.2) is 37.0 Å². The summed E-state index contributed by atoms with van der Waals surface area (Å²) >= 11 is 0. The van der Waals surface area contributed by atoms with Crippen molar-refractivity contribution in [2.75, 3.05) is 19.8 Å². The molecule has 0 amide bonds. The highest BCUT2D eigenvalue weighted by Gasteiger charge is 2.18. The molecule has 84 valence electrons. The minimum Gasteiger partial charge on any atom is -0.396 e. The summed E-state index contributed by atoms with van der Waals surface area (Å²) in [6.45, 7) is 6.33. The van der Waals surface area contributed by atoms with Crippen molar-refractivity contribution in [1.82, 2.24) is 5.32 Å². The van der Waals surface area contributed by atoms with E-state index in [1.807, 2.05) is 6.92 Å². The summed E-state index contributed by atoms with van der Waals surface area (Å²) in [5, 5.41) is 12.3. The van der Waals surface area contributed by atoms with Gasteiger partial charge >= 0.3 is 0 Å². The van der Waals surface area contributed by atoms with Crippen LogP contribution < -0.4 is 5.32 Å². The second-order valence-electron chi connectivity index (χ2n) is 4.47. The first-order valence-corrected chi connectivity index (χ1v) is 5.68. The summed E-state index contributed by atoms with van der Waals surface area (Å²) in [5.41, 5.74) is 0. The minimum absolute atomic E-state index is 0.264. The molecule has 0 aromatic heterocycles. The number of ether oxygens (including phenoxy) is 1. The van der Waals surface area contributed by atoms with E-state index < -0.39 is 0 Å². The van der Waals surface area contributed by atoms with Crippen molar-refractivity contribution < 1.29 is 9.84 Å². The van der Waals surface area contributed by atoms with Gasteiger partial charge in [0.1, 0.15) is 0 Å². The number of hydrogen-bond acceptors (Lipinski definition) is 3. The van der Waals surface area contributed by atoms with Crippen molar-refractivity contribution in [2.45, 2.75) is 45.3 Å². The van der Waals surface area contributed by atoms with E-state index in [1.165, 1.54) is 12.8 Å². The summed E-state index contributed by atoms with van der Waals surface area (Å²) < 4.78 is 5.57. The van der Waals surface area contributed by atoms with Gasteiger partial charge in [-0.1, -0.05) is 6.92 Å². The van der Waals surface area contributed by atoms with Gasteiger partial charge in [-0.25, -0.2) is 0 Å². The van der Waals surface area contributed by atoms with Gasteiger partial charge in [-0.05, 0) is 32.1 Å². The highest BCUT2D eigenvalue weighted by Crippen LogP contribution is 2.16. The Hall–Kier alpha value is -0.120. The van der Waals surface area contributed by atoms with E-state index in [0.717, 1.165) is 19.6 Å². The lowest BCUT2D eigenvalue weighted by molar-refractivity contribution is 0.0954. The van der Waals surface area contributed by atoms with E-state index in [2.05, 4.69) is 12.2 Å². The molecule has 0 bridgehead atoms. The Morgan fingerprint density at radius 1 is 1.50 bits per heavy atom. The zero-order valence-corrected chi connectivity index (χ0v) is 9.33. The largest absolute Gasteiger partial charge is 0.396 e.